The standard InChI is InChI=1S/C16H31NO3/c1-14(2)6-5-9-17-16(18)8-11-20-13-12-19-10-7-15(3)4/h5-6,14-15H,7-13H2,1-4H3,(H,17,18)/b6-5+. The first-order chi connectivity index (χ1) is 9.52. The molecule has 0 aliphatic heterocycles. The lowest BCUT2D eigenvalue weighted by Gasteiger charge is -2.07. The topological polar surface area (TPSA) is 47.6 Å². The molecule has 0 saturated carbocycles. The minimum Gasteiger partial charge on any atom is -0.379 e. The molecule has 1 N–H and O–H groups in total. The van der Waals surface area contributed by atoms with Crippen molar-refractivity contribution in [2.45, 2.75) is 40.5 Å². The summed E-state index contributed by atoms with van der Waals surface area (Å²) < 4.78 is 10.8. The van der Waals surface area contributed by atoms with Gasteiger partial charge in [0.05, 0.1) is 19.8 Å². The van der Waals surface area contributed by atoms with Crippen molar-refractivity contribution < 1.29 is 14.3 Å². The zero-order valence-electron chi connectivity index (χ0n) is 13.5. The van der Waals surface area contributed by atoms with Gasteiger partial charge in [-0.15, -0.1) is 0 Å². The summed E-state index contributed by atoms with van der Waals surface area (Å²) in [5.74, 6) is 1.22. The molecule has 118 valence electrons. The Labute approximate surface area is 123 Å². The number of allylic oxidation sites excluding steroid dienone is 1. The molecule has 1 amide bonds. The summed E-state index contributed by atoms with van der Waals surface area (Å²) in [6.45, 7) is 11.5. The molecule has 0 heterocycles. The summed E-state index contributed by atoms with van der Waals surface area (Å²) in [6.07, 6.45) is 5.53. The van der Waals surface area contributed by atoms with Crippen LogP contribution in [0.5, 0.6) is 0 Å². The molecule has 0 aromatic rings. The maximum absolute atomic E-state index is 11.4. The lowest BCUT2D eigenvalue weighted by Crippen LogP contribution is -2.24. The van der Waals surface area contributed by atoms with E-state index in [-0.39, 0.29) is 5.91 Å². The number of hydrogen-bond acceptors (Lipinski definition) is 3. The Kier molecular flexibility index (Phi) is 12.6. The molecule has 0 bridgehead atoms. The van der Waals surface area contributed by atoms with Crippen molar-refractivity contribution in [2.24, 2.45) is 11.8 Å². The van der Waals surface area contributed by atoms with Gasteiger partial charge < -0.3 is 14.8 Å². The fraction of sp³-hybridized carbons (Fsp3) is 0.812. The highest BCUT2D eigenvalue weighted by Gasteiger charge is 1.99. The molecule has 4 heteroatoms. The van der Waals surface area contributed by atoms with Crippen LogP contribution in [-0.4, -0.2) is 38.9 Å². The Morgan fingerprint density at radius 3 is 2.30 bits per heavy atom. The Hall–Kier alpha value is -0.870. The third-order valence-electron chi connectivity index (χ3n) is 2.62. The largest absolute Gasteiger partial charge is 0.379 e. The molecule has 0 saturated heterocycles. The molecule has 0 aliphatic carbocycles. The smallest absolute Gasteiger partial charge is 0.222 e. The molecular formula is C16H31NO3. The molecule has 4 nitrogen and oxygen atoms in total. The number of carbonyl (C=O) groups is 1. The number of ether oxygens (including phenoxy) is 2. The van der Waals surface area contributed by atoms with Crippen molar-refractivity contribution in [2.75, 3.05) is 33.0 Å². The predicted molar refractivity (Wildman–Crippen MR) is 82.7 cm³/mol. The number of hydrogen-bond donors (Lipinski definition) is 1. The Balaban J connectivity index is 3.27. The fourth-order valence-electron chi connectivity index (χ4n) is 1.41. The van der Waals surface area contributed by atoms with E-state index >= 15 is 0 Å². The van der Waals surface area contributed by atoms with Crippen LogP contribution in [0.25, 0.3) is 0 Å². The van der Waals surface area contributed by atoms with Gasteiger partial charge in [0.2, 0.25) is 5.91 Å². The fourth-order valence-corrected chi connectivity index (χ4v) is 1.41. The van der Waals surface area contributed by atoms with E-state index in [0.29, 0.717) is 44.6 Å². The first kappa shape index (κ1) is 19.1. The van der Waals surface area contributed by atoms with Crippen molar-refractivity contribution >= 4 is 5.91 Å². The van der Waals surface area contributed by atoms with Crippen LogP contribution in [0.15, 0.2) is 12.2 Å². The van der Waals surface area contributed by atoms with E-state index < -0.39 is 0 Å². The quantitative estimate of drug-likeness (QED) is 0.443. The molecule has 0 aromatic heterocycles. The Morgan fingerprint density at radius 2 is 1.70 bits per heavy atom. The van der Waals surface area contributed by atoms with Crippen LogP contribution in [-0.2, 0) is 14.3 Å². The van der Waals surface area contributed by atoms with Gasteiger partial charge in [-0.25, -0.2) is 0 Å². The van der Waals surface area contributed by atoms with Crippen molar-refractivity contribution in [3.05, 3.63) is 12.2 Å². The minimum atomic E-state index is 0.0270. The second-order valence-electron chi connectivity index (χ2n) is 5.63. The molecule has 0 radical (unpaired) electrons. The third-order valence-corrected chi connectivity index (χ3v) is 2.62. The molecule has 0 aliphatic rings. The van der Waals surface area contributed by atoms with Crippen LogP contribution in [0.2, 0.25) is 0 Å². The second-order valence-corrected chi connectivity index (χ2v) is 5.63. The summed E-state index contributed by atoms with van der Waals surface area (Å²) in [6, 6.07) is 0. The van der Waals surface area contributed by atoms with Crippen LogP contribution in [0.4, 0.5) is 0 Å². The summed E-state index contributed by atoms with van der Waals surface area (Å²) in [7, 11) is 0. The lowest BCUT2D eigenvalue weighted by atomic mass is 10.1. The maximum Gasteiger partial charge on any atom is 0.222 e. The lowest BCUT2D eigenvalue weighted by molar-refractivity contribution is -0.122. The third kappa shape index (κ3) is 15.2. The van der Waals surface area contributed by atoms with Gasteiger partial charge in [0.15, 0.2) is 0 Å². The van der Waals surface area contributed by atoms with Crippen LogP contribution < -0.4 is 5.32 Å². The van der Waals surface area contributed by atoms with Gasteiger partial charge in [-0.1, -0.05) is 39.8 Å². The maximum atomic E-state index is 11.4. The first-order valence-corrected chi connectivity index (χ1v) is 7.61. The van der Waals surface area contributed by atoms with Crippen molar-refractivity contribution in [1.82, 2.24) is 5.32 Å². The molecule has 0 rings (SSSR count). The van der Waals surface area contributed by atoms with Crippen LogP contribution in [0.3, 0.4) is 0 Å². The highest BCUT2D eigenvalue weighted by Crippen LogP contribution is 1.98. The molecular weight excluding hydrogens is 254 g/mol. The average molecular weight is 285 g/mol. The van der Waals surface area contributed by atoms with Crippen molar-refractivity contribution in [1.29, 1.82) is 0 Å². The van der Waals surface area contributed by atoms with Gasteiger partial charge in [0, 0.05) is 19.6 Å². The zero-order valence-corrected chi connectivity index (χ0v) is 13.5. The van der Waals surface area contributed by atoms with Gasteiger partial charge >= 0.3 is 0 Å². The van der Waals surface area contributed by atoms with E-state index in [9.17, 15) is 4.79 Å². The summed E-state index contributed by atoms with van der Waals surface area (Å²) in [5.41, 5.74) is 0. The van der Waals surface area contributed by atoms with Crippen LogP contribution in [0.1, 0.15) is 40.5 Å². The molecule has 0 fully saturated rings. The number of nitrogens with one attached hydrogen (secondary N) is 1. The van der Waals surface area contributed by atoms with E-state index in [1.54, 1.807) is 0 Å². The highest BCUT2D eigenvalue weighted by molar-refractivity contribution is 5.76. The average Bonchev–Trinajstić information content (AvgIpc) is 2.37. The molecule has 0 unspecified atom stereocenters. The van der Waals surface area contributed by atoms with Gasteiger partial charge in [0.25, 0.3) is 0 Å². The van der Waals surface area contributed by atoms with Gasteiger partial charge in [-0.2, -0.15) is 0 Å². The van der Waals surface area contributed by atoms with Crippen molar-refractivity contribution in [3.8, 4) is 0 Å². The molecule has 0 atom stereocenters. The second kappa shape index (κ2) is 13.1. The van der Waals surface area contributed by atoms with Gasteiger partial charge in [0.1, 0.15) is 0 Å². The van der Waals surface area contributed by atoms with Gasteiger partial charge in [-0.05, 0) is 18.3 Å². The summed E-state index contributed by atoms with van der Waals surface area (Å²) in [5, 5.41) is 2.82. The van der Waals surface area contributed by atoms with Gasteiger partial charge in [-0.3, -0.25) is 4.79 Å². The Morgan fingerprint density at radius 1 is 1.05 bits per heavy atom. The molecule has 0 spiro atoms. The number of amides is 1. The molecule has 0 aromatic carbocycles. The van der Waals surface area contributed by atoms with Crippen LogP contribution >= 0.6 is 0 Å². The minimum absolute atomic E-state index is 0.0270. The SMILES string of the molecule is CC(C)/C=C/CNC(=O)CCOCCOCCC(C)C. The predicted octanol–water partition coefficient (Wildman–Crippen LogP) is 2.78. The normalized spacial score (nSPS) is 11.7. The van der Waals surface area contributed by atoms with E-state index in [4.69, 9.17) is 9.47 Å². The van der Waals surface area contributed by atoms with E-state index in [2.05, 4.69) is 39.1 Å². The van der Waals surface area contributed by atoms with Crippen molar-refractivity contribution in [3.63, 3.8) is 0 Å². The van der Waals surface area contributed by atoms with Crippen LogP contribution in [0, 0.1) is 11.8 Å². The summed E-state index contributed by atoms with van der Waals surface area (Å²) >= 11 is 0. The van der Waals surface area contributed by atoms with E-state index in [1.165, 1.54) is 0 Å². The Bertz CT molecular complexity index is 262. The number of carbonyl (C=O) groups excluding carboxylic acids is 1. The van der Waals surface area contributed by atoms with E-state index in [1.807, 2.05) is 6.08 Å². The summed E-state index contributed by atoms with van der Waals surface area (Å²) in [4.78, 5) is 11.4. The molecule has 20 heavy (non-hydrogen) atoms. The highest BCUT2D eigenvalue weighted by atomic mass is 16.5. The number of rotatable bonds is 12. The first-order valence-electron chi connectivity index (χ1n) is 7.61. The zero-order chi connectivity index (χ0) is 15.2. The monoisotopic (exact) mass is 285 g/mol. The van der Waals surface area contributed by atoms with E-state index in [0.717, 1.165) is 13.0 Å².